The molecule has 5 nitrogen and oxygen atoms in total. The highest BCUT2D eigenvalue weighted by Crippen LogP contribution is 2.28. The summed E-state index contributed by atoms with van der Waals surface area (Å²) in [5, 5.41) is 8.13. The predicted molar refractivity (Wildman–Crippen MR) is 84.7 cm³/mol. The second-order valence-corrected chi connectivity index (χ2v) is 5.60. The Morgan fingerprint density at radius 1 is 1.17 bits per heavy atom. The lowest BCUT2D eigenvalue weighted by Crippen LogP contribution is -2.18. The number of benzene rings is 1. The largest absolute Gasteiger partial charge is 0.376 e. The quantitative estimate of drug-likeness (QED) is 0.797. The molecule has 1 aromatic carbocycles. The summed E-state index contributed by atoms with van der Waals surface area (Å²) in [7, 11) is 0. The van der Waals surface area contributed by atoms with Gasteiger partial charge in [0, 0.05) is 18.7 Å². The number of fused-ring (bicyclic) bond motifs is 1. The Hall–Kier alpha value is -2.47. The van der Waals surface area contributed by atoms with Crippen molar-refractivity contribution in [3.8, 4) is 11.3 Å². The van der Waals surface area contributed by atoms with Crippen molar-refractivity contribution in [3.63, 3.8) is 0 Å². The van der Waals surface area contributed by atoms with E-state index in [9.17, 15) is 4.39 Å². The van der Waals surface area contributed by atoms with Gasteiger partial charge in [0.15, 0.2) is 0 Å². The van der Waals surface area contributed by atoms with Crippen LogP contribution >= 0.6 is 0 Å². The van der Waals surface area contributed by atoms with Crippen molar-refractivity contribution in [2.75, 3.05) is 18.5 Å². The minimum atomic E-state index is -0.278. The van der Waals surface area contributed by atoms with Crippen LogP contribution in [0, 0.1) is 5.82 Å². The van der Waals surface area contributed by atoms with Gasteiger partial charge in [-0.1, -0.05) is 5.16 Å². The van der Waals surface area contributed by atoms with E-state index in [4.69, 9.17) is 9.26 Å². The lowest BCUT2D eigenvalue weighted by atomic mass is 10.1. The summed E-state index contributed by atoms with van der Waals surface area (Å²) < 4.78 is 23.9. The van der Waals surface area contributed by atoms with E-state index >= 15 is 0 Å². The predicted octanol–water partition coefficient (Wildman–Crippen LogP) is 3.62. The van der Waals surface area contributed by atoms with Gasteiger partial charge in [0.1, 0.15) is 17.3 Å². The van der Waals surface area contributed by atoms with E-state index in [-0.39, 0.29) is 11.9 Å². The van der Waals surface area contributed by atoms with E-state index in [2.05, 4.69) is 15.5 Å². The molecule has 0 radical (unpaired) electrons. The second kappa shape index (κ2) is 5.96. The van der Waals surface area contributed by atoms with Crippen LogP contribution in [0.3, 0.4) is 0 Å². The van der Waals surface area contributed by atoms with Gasteiger partial charge in [0.2, 0.25) is 0 Å². The second-order valence-electron chi connectivity index (χ2n) is 5.60. The van der Waals surface area contributed by atoms with Crippen LogP contribution in [-0.4, -0.2) is 29.4 Å². The summed E-state index contributed by atoms with van der Waals surface area (Å²) in [6, 6.07) is 9.96. The van der Waals surface area contributed by atoms with Gasteiger partial charge in [-0.25, -0.2) is 4.39 Å². The first-order chi connectivity index (χ1) is 11.3. The SMILES string of the molecule is Fc1ccc(-c2noc3nc(NCC4CCCO4)ccc23)cc1. The molecule has 3 aromatic rings. The molecule has 0 saturated carbocycles. The van der Waals surface area contributed by atoms with Gasteiger partial charge in [-0.2, -0.15) is 4.98 Å². The maximum Gasteiger partial charge on any atom is 0.260 e. The van der Waals surface area contributed by atoms with Crippen molar-refractivity contribution in [2.24, 2.45) is 0 Å². The molecule has 0 bridgehead atoms. The molecule has 3 heterocycles. The third-order valence-corrected chi connectivity index (χ3v) is 3.99. The number of aromatic nitrogens is 2. The highest BCUT2D eigenvalue weighted by Gasteiger charge is 2.16. The van der Waals surface area contributed by atoms with Gasteiger partial charge in [0.05, 0.1) is 11.5 Å². The molecule has 118 valence electrons. The van der Waals surface area contributed by atoms with E-state index in [0.717, 1.165) is 42.8 Å². The summed E-state index contributed by atoms with van der Waals surface area (Å²) in [6.07, 6.45) is 2.44. The number of nitrogens with zero attached hydrogens (tertiary/aromatic N) is 2. The van der Waals surface area contributed by atoms with Gasteiger partial charge < -0.3 is 14.6 Å². The van der Waals surface area contributed by atoms with Crippen molar-refractivity contribution >= 4 is 16.9 Å². The Bertz CT molecular complexity index is 810. The molecule has 1 saturated heterocycles. The maximum absolute atomic E-state index is 13.0. The van der Waals surface area contributed by atoms with Gasteiger partial charge in [-0.15, -0.1) is 0 Å². The summed E-state index contributed by atoms with van der Waals surface area (Å²) in [5.74, 6) is 0.454. The van der Waals surface area contributed by atoms with Gasteiger partial charge >= 0.3 is 0 Å². The molecule has 1 N–H and O–H groups in total. The molecular formula is C17H16FN3O2. The molecule has 1 fully saturated rings. The fraction of sp³-hybridized carbons (Fsp3) is 0.294. The van der Waals surface area contributed by atoms with E-state index in [1.54, 1.807) is 12.1 Å². The minimum Gasteiger partial charge on any atom is -0.376 e. The zero-order valence-corrected chi connectivity index (χ0v) is 12.5. The first-order valence-corrected chi connectivity index (χ1v) is 7.67. The van der Waals surface area contributed by atoms with Crippen molar-refractivity contribution in [3.05, 3.63) is 42.2 Å². The zero-order chi connectivity index (χ0) is 15.6. The molecule has 23 heavy (non-hydrogen) atoms. The van der Waals surface area contributed by atoms with E-state index < -0.39 is 0 Å². The van der Waals surface area contributed by atoms with Gasteiger partial charge in [-0.05, 0) is 49.2 Å². The van der Waals surface area contributed by atoms with Crippen molar-refractivity contribution in [1.82, 2.24) is 10.1 Å². The lowest BCUT2D eigenvalue weighted by Gasteiger charge is -2.10. The van der Waals surface area contributed by atoms with E-state index in [0.29, 0.717) is 11.4 Å². The van der Waals surface area contributed by atoms with Crippen molar-refractivity contribution in [1.29, 1.82) is 0 Å². The van der Waals surface area contributed by atoms with Crippen LogP contribution in [0.25, 0.3) is 22.4 Å². The molecule has 0 aliphatic carbocycles. The van der Waals surface area contributed by atoms with Crippen molar-refractivity contribution in [2.45, 2.75) is 18.9 Å². The van der Waals surface area contributed by atoms with Crippen LogP contribution in [0.15, 0.2) is 40.9 Å². The number of halogens is 1. The number of ether oxygens (including phenoxy) is 1. The molecule has 0 spiro atoms. The Labute approximate surface area is 132 Å². The van der Waals surface area contributed by atoms with E-state index in [1.165, 1.54) is 12.1 Å². The number of rotatable bonds is 4. The molecule has 4 rings (SSSR count). The van der Waals surface area contributed by atoms with Gasteiger partial charge in [0.25, 0.3) is 5.71 Å². The minimum absolute atomic E-state index is 0.247. The van der Waals surface area contributed by atoms with Crippen LogP contribution in [0.1, 0.15) is 12.8 Å². The number of anilines is 1. The maximum atomic E-state index is 13.0. The highest BCUT2D eigenvalue weighted by molar-refractivity contribution is 5.90. The third-order valence-electron chi connectivity index (χ3n) is 3.99. The lowest BCUT2D eigenvalue weighted by molar-refractivity contribution is 0.120. The van der Waals surface area contributed by atoms with Crippen LogP contribution in [0.4, 0.5) is 10.2 Å². The Balaban J connectivity index is 1.57. The highest BCUT2D eigenvalue weighted by atomic mass is 19.1. The fourth-order valence-corrected chi connectivity index (χ4v) is 2.77. The summed E-state index contributed by atoms with van der Waals surface area (Å²) in [6.45, 7) is 1.57. The van der Waals surface area contributed by atoms with Crippen LogP contribution in [-0.2, 0) is 4.74 Å². The fourth-order valence-electron chi connectivity index (χ4n) is 2.77. The van der Waals surface area contributed by atoms with Crippen LogP contribution in [0.2, 0.25) is 0 Å². The monoisotopic (exact) mass is 313 g/mol. The first kappa shape index (κ1) is 14.1. The molecule has 1 atom stereocenters. The summed E-state index contributed by atoms with van der Waals surface area (Å²) in [4.78, 5) is 4.43. The molecule has 1 aliphatic rings. The van der Waals surface area contributed by atoms with E-state index in [1.807, 2.05) is 12.1 Å². The third kappa shape index (κ3) is 2.90. The van der Waals surface area contributed by atoms with Crippen LogP contribution in [0.5, 0.6) is 0 Å². The van der Waals surface area contributed by atoms with Crippen LogP contribution < -0.4 is 5.32 Å². The number of nitrogens with one attached hydrogen (secondary N) is 1. The molecule has 0 amide bonds. The normalized spacial score (nSPS) is 17.7. The van der Waals surface area contributed by atoms with Crippen molar-refractivity contribution < 1.29 is 13.7 Å². The smallest absolute Gasteiger partial charge is 0.260 e. The molecule has 1 unspecified atom stereocenters. The molecule has 6 heteroatoms. The Kier molecular flexibility index (Phi) is 3.67. The van der Waals surface area contributed by atoms with Gasteiger partial charge in [-0.3, -0.25) is 0 Å². The standard InChI is InChI=1S/C17H16FN3O2/c18-12-5-3-11(4-6-12)16-14-7-8-15(20-17(14)23-21-16)19-10-13-2-1-9-22-13/h3-8,13H,1-2,9-10H2,(H,19,20). The summed E-state index contributed by atoms with van der Waals surface area (Å²) in [5.41, 5.74) is 1.92. The topological polar surface area (TPSA) is 60.2 Å². The first-order valence-electron chi connectivity index (χ1n) is 7.67. The number of hydrogen-bond donors (Lipinski definition) is 1. The zero-order valence-electron chi connectivity index (χ0n) is 12.5. The average Bonchev–Trinajstić information content (AvgIpc) is 3.23. The number of hydrogen-bond acceptors (Lipinski definition) is 5. The Morgan fingerprint density at radius 3 is 2.83 bits per heavy atom. The number of pyridine rings is 1. The summed E-state index contributed by atoms with van der Waals surface area (Å²) >= 11 is 0. The Morgan fingerprint density at radius 2 is 2.04 bits per heavy atom. The molecule has 2 aromatic heterocycles. The molecule has 1 aliphatic heterocycles. The molecular weight excluding hydrogens is 297 g/mol. The average molecular weight is 313 g/mol.